The fourth-order valence-electron chi connectivity index (χ4n) is 2.68. The molecule has 5 N–H and O–H groups in total. The summed E-state index contributed by atoms with van der Waals surface area (Å²) in [5.74, 6) is 3.64. The molecule has 1 aromatic carbocycles. The molecule has 2 aromatic rings. The summed E-state index contributed by atoms with van der Waals surface area (Å²) in [5.41, 5.74) is 6.86. The van der Waals surface area contributed by atoms with E-state index in [0.717, 1.165) is 31.0 Å². The molecule has 1 aromatic heterocycles. The number of nitrogens with one attached hydrogen (secondary N) is 2. The third-order valence-corrected chi connectivity index (χ3v) is 4.01. The molecule has 0 saturated heterocycles. The Bertz CT molecular complexity index is 590. The summed E-state index contributed by atoms with van der Waals surface area (Å²) < 4.78 is 0. The van der Waals surface area contributed by atoms with Gasteiger partial charge in [-0.3, -0.25) is 5.84 Å². The van der Waals surface area contributed by atoms with Gasteiger partial charge < -0.3 is 9.88 Å². The zero-order valence-corrected chi connectivity index (χ0v) is 11.0. The quantitative estimate of drug-likeness (QED) is 0.481. The fraction of sp³-hybridized carbons (Fsp3) is 0.308. The zero-order valence-electron chi connectivity index (χ0n) is 10.2. The Hall–Kier alpha value is -1.59. The Labute approximate surface area is 111 Å². The normalized spacial score (nSPS) is 15.3. The predicted octanol–water partition coefficient (Wildman–Crippen LogP) is 0.600. The fourth-order valence-corrected chi connectivity index (χ4v) is 2.86. The second-order valence-electron chi connectivity index (χ2n) is 4.60. The number of para-hydroxylation sites is 1. The highest BCUT2D eigenvalue weighted by atomic mass is 32.1. The van der Waals surface area contributed by atoms with E-state index in [1.165, 1.54) is 22.2 Å². The van der Waals surface area contributed by atoms with Crippen LogP contribution < -0.4 is 11.3 Å². The summed E-state index contributed by atoms with van der Waals surface area (Å²) in [5, 5.41) is 2.09. The summed E-state index contributed by atoms with van der Waals surface area (Å²) in [7, 11) is 0. The molecule has 18 heavy (non-hydrogen) atoms. The number of aromatic nitrogens is 1. The maximum absolute atomic E-state index is 5.26. The van der Waals surface area contributed by atoms with Gasteiger partial charge in [-0.15, -0.1) is 0 Å². The molecule has 0 amide bonds. The van der Waals surface area contributed by atoms with Crippen LogP contribution in [0.25, 0.3) is 10.9 Å². The zero-order chi connectivity index (χ0) is 12.5. The molecule has 2 heterocycles. The van der Waals surface area contributed by atoms with Crippen molar-refractivity contribution < 1.29 is 5.84 Å². The monoisotopic (exact) mass is 261 g/mol. The summed E-state index contributed by atoms with van der Waals surface area (Å²) >= 11 is 5.26. The van der Waals surface area contributed by atoms with Gasteiger partial charge in [0.1, 0.15) is 0 Å². The molecule has 0 radical (unpaired) electrons. The van der Waals surface area contributed by atoms with E-state index in [4.69, 9.17) is 12.2 Å². The third kappa shape index (κ3) is 1.85. The van der Waals surface area contributed by atoms with Gasteiger partial charge in [0.15, 0.2) is 0 Å². The number of nitrogens with zero attached hydrogens (tertiary/aromatic N) is 1. The smallest absolute Gasteiger partial charge is 0.215 e. The second kappa shape index (κ2) is 4.59. The molecule has 0 saturated carbocycles. The maximum Gasteiger partial charge on any atom is 0.215 e. The lowest BCUT2D eigenvalue weighted by molar-refractivity contribution is -0.420. The molecule has 94 valence electrons. The number of aromatic amines is 1. The highest BCUT2D eigenvalue weighted by Crippen LogP contribution is 2.25. The third-order valence-electron chi connectivity index (χ3n) is 3.60. The van der Waals surface area contributed by atoms with Crippen LogP contribution in [0.3, 0.4) is 0 Å². The molecule has 3 rings (SSSR count). The average molecular weight is 261 g/mol. The Balaban J connectivity index is 1.93. The van der Waals surface area contributed by atoms with Gasteiger partial charge in [-0.1, -0.05) is 18.2 Å². The summed E-state index contributed by atoms with van der Waals surface area (Å²) in [6.07, 6.45) is 2.03. The van der Waals surface area contributed by atoms with E-state index in [-0.39, 0.29) is 0 Å². The molecule has 0 spiro atoms. The predicted molar refractivity (Wildman–Crippen MR) is 75.9 cm³/mol. The van der Waals surface area contributed by atoms with Crippen molar-refractivity contribution in [3.63, 3.8) is 0 Å². The average Bonchev–Trinajstić information content (AvgIpc) is 2.63. The molecular weight excluding hydrogens is 244 g/mol. The van der Waals surface area contributed by atoms with Crippen molar-refractivity contribution in [2.75, 3.05) is 13.1 Å². The molecule has 1 aliphatic heterocycles. The van der Waals surface area contributed by atoms with Gasteiger partial charge in [0.2, 0.25) is 5.11 Å². The van der Waals surface area contributed by atoms with Crippen LogP contribution in [-0.4, -0.2) is 28.1 Å². The van der Waals surface area contributed by atoms with Gasteiger partial charge in [-0.2, -0.15) is 0 Å². The second-order valence-corrected chi connectivity index (χ2v) is 4.98. The van der Waals surface area contributed by atoms with Gasteiger partial charge >= 0.3 is 0 Å². The van der Waals surface area contributed by atoms with Gasteiger partial charge in [0.25, 0.3) is 0 Å². The van der Waals surface area contributed by atoms with Crippen LogP contribution in [0.2, 0.25) is 0 Å². The SMILES string of the molecule is [NH3+]NC(=S)N1CCc2[nH]c3ccccc3c2CC1. The van der Waals surface area contributed by atoms with E-state index in [1.54, 1.807) is 0 Å². The Kier molecular flexibility index (Phi) is 2.93. The van der Waals surface area contributed by atoms with Crippen molar-refractivity contribution in [1.82, 2.24) is 15.3 Å². The number of quaternary nitrogens is 1. The lowest BCUT2D eigenvalue weighted by Gasteiger charge is -2.20. The van der Waals surface area contributed by atoms with Crippen molar-refractivity contribution in [3.05, 3.63) is 35.5 Å². The number of benzene rings is 1. The minimum absolute atomic E-state index is 0.740. The van der Waals surface area contributed by atoms with Crippen molar-refractivity contribution in [2.45, 2.75) is 12.8 Å². The topological polar surface area (TPSA) is 58.7 Å². The van der Waals surface area contributed by atoms with E-state index in [2.05, 4.69) is 45.4 Å². The van der Waals surface area contributed by atoms with Gasteiger partial charge in [0, 0.05) is 36.1 Å². The first kappa shape index (κ1) is 11.5. The summed E-state index contributed by atoms with van der Waals surface area (Å²) in [4.78, 5) is 5.71. The van der Waals surface area contributed by atoms with Crippen molar-refractivity contribution in [2.24, 2.45) is 0 Å². The standard InChI is InChI=1S/C13H16N4S/c14-16-13(18)17-7-5-10-9-3-1-2-4-11(9)15-12(10)6-8-17/h1-4,15H,5-8,14H2,(H,16,18)/p+1. The Morgan fingerprint density at radius 2 is 2.06 bits per heavy atom. The molecule has 0 bridgehead atoms. The summed E-state index contributed by atoms with van der Waals surface area (Å²) in [6.45, 7) is 1.90. The molecule has 0 fully saturated rings. The van der Waals surface area contributed by atoms with Gasteiger partial charge in [-0.05, 0) is 30.3 Å². The first-order valence-corrected chi connectivity index (χ1v) is 6.61. The lowest BCUT2D eigenvalue weighted by atomic mass is 10.1. The van der Waals surface area contributed by atoms with E-state index in [9.17, 15) is 0 Å². The van der Waals surface area contributed by atoms with Gasteiger partial charge in [-0.25, -0.2) is 5.43 Å². The van der Waals surface area contributed by atoms with E-state index >= 15 is 0 Å². The number of thiocarbonyl (C=S) groups is 1. The maximum atomic E-state index is 5.26. The largest absolute Gasteiger partial charge is 0.358 e. The van der Waals surface area contributed by atoms with E-state index in [1.807, 2.05) is 0 Å². The van der Waals surface area contributed by atoms with Crippen molar-refractivity contribution in [1.29, 1.82) is 0 Å². The highest BCUT2D eigenvalue weighted by Gasteiger charge is 2.19. The molecule has 4 nitrogen and oxygen atoms in total. The first-order chi connectivity index (χ1) is 8.79. The van der Waals surface area contributed by atoms with Crippen LogP contribution in [-0.2, 0) is 12.8 Å². The summed E-state index contributed by atoms with van der Waals surface area (Å²) in [6, 6.07) is 8.51. The van der Waals surface area contributed by atoms with Gasteiger partial charge in [0.05, 0.1) is 0 Å². The van der Waals surface area contributed by atoms with Crippen molar-refractivity contribution >= 4 is 28.2 Å². The van der Waals surface area contributed by atoms with Crippen LogP contribution in [0.1, 0.15) is 11.3 Å². The lowest BCUT2D eigenvalue weighted by Crippen LogP contribution is -2.69. The molecule has 0 aliphatic carbocycles. The molecule has 0 atom stereocenters. The van der Waals surface area contributed by atoms with Crippen LogP contribution in [0.4, 0.5) is 0 Å². The Morgan fingerprint density at radius 3 is 2.89 bits per heavy atom. The molecule has 5 heteroatoms. The van der Waals surface area contributed by atoms with E-state index in [0.29, 0.717) is 0 Å². The minimum atomic E-state index is 0.740. The number of rotatable bonds is 0. The number of hydrogen-bond acceptors (Lipinski definition) is 1. The number of fused-ring (bicyclic) bond motifs is 3. The highest BCUT2D eigenvalue weighted by molar-refractivity contribution is 7.80. The molecule has 1 aliphatic rings. The van der Waals surface area contributed by atoms with Crippen LogP contribution in [0.15, 0.2) is 24.3 Å². The first-order valence-electron chi connectivity index (χ1n) is 6.20. The minimum Gasteiger partial charge on any atom is -0.358 e. The Morgan fingerprint density at radius 1 is 1.28 bits per heavy atom. The number of hydrogen-bond donors (Lipinski definition) is 3. The molecular formula is C13H17N4S+. The molecule has 0 unspecified atom stereocenters. The van der Waals surface area contributed by atoms with Crippen molar-refractivity contribution in [3.8, 4) is 0 Å². The number of H-pyrrole nitrogens is 1. The van der Waals surface area contributed by atoms with Crippen LogP contribution in [0.5, 0.6) is 0 Å². The van der Waals surface area contributed by atoms with Crippen LogP contribution >= 0.6 is 12.2 Å². The van der Waals surface area contributed by atoms with E-state index < -0.39 is 0 Å². The van der Waals surface area contributed by atoms with Crippen LogP contribution in [0, 0.1) is 0 Å².